The zero-order chi connectivity index (χ0) is 13.2. The van der Waals surface area contributed by atoms with Crippen molar-refractivity contribution in [2.45, 2.75) is 18.7 Å². The Bertz CT molecular complexity index is 410. The van der Waals surface area contributed by atoms with Crippen LogP contribution in [0.2, 0.25) is 5.15 Å². The van der Waals surface area contributed by atoms with Crippen LogP contribution in [-0.4, -0.2) is 11.3 Å². The molecule has 1 aromatic heterocycles. The van der Waals surface area contributed by atoms with E-state index in [2.05, 4.69) is 9.72 Å². The van der Waals surface area contributed by atoms with Gasteiger partial charge in [0.15, 0.2) is 0 Å². The predicted molar refractivity (Wildman–Crippen MR) is 50.4 cm³/mol. The number of pyridine rings is 1. The van der Waals surface area contributed by atoms with E-state index >= 15 is 0 Å². The van der Waals surface area contributed by atoms with Crippen LogP contribution < -0.4 is 4.74 Å². The van der Waals surface area contributed by atoms with Crippen LogP contribution in [0.5, 0.6) is 5.75 Å². The van der Waals surface area contributed by atoms with Gasteiger partial charge in [-0.1, -0.05) is 11.6 Å². The van der Waals surface area contributed by atoms with Crippen molar-refractivity contribution in [3.63, 3.8) is 0 Å². The van der Waals surface area contributed by atoms with Crippen LogP contribution in [0.25, 0.3) is 0 Å². The van der Waals surface area contributed by atoms with Crippen molar-refractivity contribution in [1.82, 2.24) is 4.98 Å². The summed E-state index contributed by atoms with van der Waals surface area (Å²) < 4.78 is 64.4. The first-order valence-electron chi connectivity index (χ1n) is 4.03. The lowest BCUT2D eigenvalue weighted by molar-refractivity contribution is -0.275. The lowest BCUT2D eigenvalue weighted by atomic mass is 10.2. The van der Waals surface area contributed by atoms with Crippen LogP contribution in [0.4, 0.5) is 22.0 Å². The molecule has 96 valence electrons. The Morgan fingerprint density at radius 3 is 2.35 bits per heavy atom. The minimum absolute atomic E-state index is 0.0969. The number of rotatable bonds is 3. The molecule has 0 spiro atoms. The molecule has 0 radical (unpaired) electrons. The molecule has 0 atom stereocenters. The normalized spacial score (nSPS) is 12.0. The smallest absolute Gasteiger partial charge is 0.405 e. The molecule has 0 amide bonds. The maximum Gasteiger partial charge on any atom is 0.573 e. The second-order valence-corrected chi connectivity index (χ2v) is 3.42. The van der Waals surface area contributed by atoms with E-state index in [1.807, 2.05) is 0 Å². The van der Waals surface area contributed by atoms with Crippen molar-refractivity contribution in [1.29, 1.82) is 0 Å². The van der Waals surface area contributed by atoms with Gasteiger partial charge in [-0.3, -0.25) is 0 Å². The fourth-order valence-corrected chi connectivity index (χ4v) is 1.45. The first-order chi connectivity index (χ1) is 7.74. The molecule has 0 unspecified atom stereocenters. The topological polar surface area (TPSA) is 22.1 Å². The molecular weight excluding hydrogens is 292 g/mol. The van der Waals surface area contributed by atoms with Gasteiger partial charge in [0.2, 0.25) is 0 Å². The van der Waals surface area contributed by atoms with Crippen molar-refractivity contribution in [3.05, 3.63) is 22.5 Å². The van der Waals surface area contributed by atoms with E-state index in [1.54, 1.807) is 0 Å². The van der Waals surface area contributed by atoms with Crippen molar-refractivity contribution in [2.75, 3.05) is 0 Å². The van der Waals surface area contributed by atoms with Gasteiger partial charge in [0, 0.05) is 6.07 Å². The number of hydrogen-bond donors (Lipinski definition) is 0. The van der Waals surface area contributed by atoms with Crippen LogP contribution in [0.3, 0.4) is 0 Å². The standard InChI is InChI=1S/C8H4Cl2F5NO/c9-2-3-1-4(17-8(13,14)15)5(7(11)12)6(10)16-3/h1,7H,2H2. The van der Waals surface area contributed by atoms with Crippen LogP contribution in [0.15, 0.2) is 6.07 Å². The zero-order valence-corrected chi connectivity index (χ0v) is 9.37. The molecule has 1 heterocycles. The number of halogens is 7. The summed E-state index contributed by atoms with van der Waals surface area (Å²) in [6.45, 7) is 0. The van der Waals surface area contributed by atoms with E-state index in [4.69, 9.17) is 23.2 Å². The molecule has 0 N–H and O–H groups in total. The predicted octanol–water partition coefficient (Wildman–Crippen LogP) is 4.31. The maximum absolute atomic E-state index is 12.5. The summed E-state index contributed by atoms with van der Waals surface area (Å²) in [5.41, 5.74) is -1.21. The van der Waals surface area contributed by atoms with Crippen LogP contribution in [0.1, 0.15) is 17.7 Å². The minimum Gasteiger partial charge on any atom is -0.405 e. The highest BCUT2D eigenvalue weighted by molar-refractivity contribution is 6.30. The van der Waals surface area contributed by atoms with Gasteiger partial charge in [-0.2, -0.15) is 0 Å². The Balaban J connectivity index is 3.27. The fourth-order valence-electron chi connectivity index (χ4n) is 1.02. The maximum atomic E-state index is 12.5. The van der Waals surface area contributed by atoms with Crippen molar-refractivity contribution >= 4 is 23.2 Å². The summed E-state index contributed by atoms with van der Waals surface area (Å²) in [6.07, 6.45) is -8.34. The number of alkyl halides is 6. The molecule has 0 aliphatic heterocycles. The summed E-state index contributed by atoms with van der Waals surface area (Å²) in [4.78, 5) is 3.41. The largest absolute Gasteiger partial charge is 0.573 e. The minimum atomic E-state index is -5.10. The van der Waals surface area contributed by atoms with Crippen LogP contribution >= 0.6 is 23.2 Å². The van der Waals surface area contributed by atoms with E-state index in [-0.39, 0.29) is 11.6 Å². The number of ether oxygens (including phenoxy) is 1. The third kappa shape index (κ3) is 3.85. The van der Waals surface area contributed by atoms with E-state index in [1.165, 1.54) is 0 Å². The summed E-state index contributed by atoms with van der Waals surface area (Å²) in [6, 6.07) is 0.674. The second kappa shape index (κ2) is 5.22. The van der Waals surface area contributed by atoms with Gasteiger partial charge in [0.05, 0.1) is 17.1 Å². The highest BCUT2D eigenvalue weighted by atomic mass is 35.5. The third-order valence-electron chi connectivity index (χ3n) is 1.61. The molecule has 1 aromatic rings. The van der Waals surface area contributed by atoms with E-state index in [0.717, 1.165) is 0 Å². The molecular formula is C8H4Cl2F5NO. The molecule has 9 heteroatoms. The Kier molecular flexibility index (Phi) is 4.37. The monoisotopic (exact) mass is 295 g/mol. The van der Waals surface area contributed by atoms with Gasteiger partial charge in [-0.15, -0.1) is 24.8 Å². The van der Waals surface area contributed by atoms with E-state index < -0.39 is 29.3 Å². The molecule has 0 saturated carbocycles. The summed E-state index contributed by atoms with van der Waals surface area (Å²) in [5.74, 6) is -1.37. The highest BCUT2D eigenvalue weighted by Gasteiger charge is 2.34. The summed E-state index contributed by atoms with van der Waals surface area (Å²) in [7, 11) is 0. The first kappa shape index (κ1) is 14.2. The zero-order valence-electron chi connectivity index (χ0n) is 7.86. The van der Waals surface area contributed by atoms with E-state index in [9.17, 15) is 22.0 Å². The summed E-state index contributed by atoms with van der Waals surface area (Å²) >= 11 is 10.7. The van der Waals surface area contributed by atoms with Gasteiger partial charge < -0.3 is 4.74 Å². The Labute approximate surface area is 102 Å². The molecule has 17 heavy (non-hydrogen) atoms. The summed E-state index contributed by atoms with van der Waals surface area (Å²) in [5, 5.41) is -0.766. The Morgan fingerprint density at radius 1 is 1.35 bits per heavy atom. The quantitative estimate of drug-likeness (QED) is 0.471. The average molecular weight is 296 g/mol. The molecule has 0 saturated heterocycles. The molecule has 2 nitrogen and oxygen atoms in total. The number of nitrogens with zero attached hydrogens (tertiary/aromatic N) is 1. The van der Waals surface area contributed by atoms with Crippen LogP contribution in [-0.2, 0) is 5.88 Å². The molecule has 0 aliphatic rings. The van der Waals surface area contributed by atoms with Crippen LogP contribution in [0, 0.1) is 0 Å². The van der Waals surface area contributed by atoms with Gasteiger partial charge >= 0.3 is 6.36 Å². The Morgan fingerprint density at radius 2 is 1.94 bits per heavy atom. The first-order valence-corrected chi connectivity index (χ1v) is 4.95. The van der Waals surface area contributed by atoms with Crippen molar-refractivity contribution in [3.8, 4) is 5.75 Å². The molecule has 0 aliphatic carbocycles. The number of aromatic nitrogens is 1. The van der Waals surface area contributed by atoms with Gasteiger partial charge in [0.25, 0.3) is 6.43 Å². The molecule has 0 aromatic carbocycles. The second-order valence-electron chi connectivity index (χ2n) is 2.80. The Hall–Kier alpha value is -0.820. The fraction of sp³-hybridized carbons (Fsp3) is 0.375. The van der Waals surface area contributed by atoms with Crippen molar-refractivity contribution < 1.29 is 26.7 Å². The molecule has 1 rings (SSSR count). The van der Waals surface area contributed by atoms with Crippen molar-refractivity contribution in [2.24, 2.45) is 0 Å². The third-order valence-corrected chi connectivity index (χ3v) is 2.17. The highest BCUT2D eigenvalue weighted by Crippen LogP contribution is 2.37. The van der Waals surface area contributed by atoms with Gasteiger partial charge in [-0.05, 0) is 0 Å². The molecule has 0 fully saturated rings. The van der Waals surface area contributed by atoms with Gasteiger partial charge in [0.1, 0.15) is 10.9 Å². The molecule has 0 bridgehead atoms. The lowest BCUT2D eigenvalue weighted by Crippen LogP contribution is -2.18. The van der Waals surface area contributed by atoms with Gasteiger partial charge in [-0.25, -0.2) is 13.8 Å². The lowest BCUT2D eigenvalue weighted by Gasteiger charge is -2.14. The SMILES string of the molecule is FC(F)c1c(OC(F)(F)F)cc(CCl)nc1Cl. The average Bonchev–Trinajstić information content (AvgIpc) is 2.13. The number of hydrogen-bond acceptors (Lipinski definition) is 2. The van der Waals surface area contributed by atoms with E-state index in [0.29, 0.717) is 6.07 Å².